The van der Waals surface area contributed by atoms with Crippen LogP contribution in [-0.2, 0) is 0 Å². The summed E-state index contributed by atoms with van der Waals surface area (Å²) in [7, 11) is 0. The SMILES string of the molecule is OC1COc2nsnc2OC1. The van der Waals surface area contributed by atoms with E-state index in [1.165, 1.54) is 0 Å². The molecule has 60 valence electrons. The number of ether oxygens (including phenoxy) is 2. The Kier molecular flexibility index (Phi) is 1.63. The van der Waals surface area contributed by atoms with Crippen molar-refractivity contribution in [1.82, 2.24) is 8.75 Å². The fourth-order valence-electron chi connectivity index (χ4n) is 0.747. The van der Waals surface area contributed by atoms with Crippen LogP contribution < -0.4 is 9.47 Å². The van der Waals surface area contributed by atoms with Crippen molar-refractivity contribution in [3.05, 3.63) is 0 Å². The van der Waals surface area contributed by atoms with Gasteiger partial charge in [0.1, 0.15) is 19.3 Å². The van der Waals surface area contributed by atoms with Crippen molar-refractivity contribution in [3.63, 3.8) is 0 Å². The van der Waals surface area contributed by atoms with Crippen LogP contribution in [0.1, 0.15) is 0 Å². The van der Waals surface area contributed by atoms with Crippen LogP contribution in [-0.4, -0.2) is 33.2 Å². The summed E-state index contributed by atoms with van der Waals surface area (Å²) in [6.45, 7) is 0.441. The third-order valence-electron chi connectivity index (χ3n) is 1.26. The lowest BCUT2D eigenvalue weighted by atomic mass is 10.4. The largest absolute Gasteiger partial charge is 0.470 e. The van der Waals surface area contributed by atoms with Crippen LogP contribution in [0, 0.1) is 0 Å². The van der Waals surface area contributed by atoms with Crippen LogP contribution in [0.3, 0.4) is 0 Å². The highest BCUT2D eigenvalue weighted by Crippen LogP contribution is 2.25. The Morgan fingerprint density at radius 3 is 2.36 bits per heavy atom. The summed E-state index contributed by atoms with van der Waals surface area (Å²) < 4.78 is 17.8. The molecule has 1 aromatic rings. The van der Waals surface area contributed by atoms with Gasteiger partial charge in [0.15, 0.2) is 0 Å². The maximum Gasteiger partial charge on any atom is 0.291 e. The summed E-state index contributed by atoms with van der Waals surface area (Å²) in [5.74, 6) is 0.762. The van der Waals surface area contributed by atoms with Gasteiger partial charge in [-0.05, 0) is 0 Å². The zero-order chi connectivity index (χ0) is 7.68. The van der Waals surface area contributed by atoms with Gasteiger partial charge < -0.3 is 14.6 Å². The maximum atomic E-state index is 9.08. The fraction of sp³-hybridized carbons (Fsp3) is 0.600. The van der Waals surface area contributed by atoms with Crippen LogP contribution in [0.2, 0.25) is 0 Å². The molecule has 0 saturated heterocycles. The molecule has 11 heavy (non-hydrogen) atoms. The fourth-order valence-corrected chi connectivity index (χ4v) is 1.20. The van der Waals surface area contributed by atoms with Gasteiger partial charge in [-0.2, -0.15) is 0 Å². The zero-order valence-corrected chi connectivity index (χ0v) is 6.37. The average Bonchev–Trinajstić information content (AvgIpc) is 2.38. The second-order valence-corrected chi connectivity index (χ2v) is 2.68. The molecule has 0 amide bonds. The van der Waals surface area contributed by atoms with Crippen molar-refractivity contribution in [2.45, 2.75) is 6.10 Å². The van der Waals surface area contributed by atoms with Gasteiger partial charge in [0.2, 0.25) is 0 Å². The number of aliphatic hydroxyl groups is 1. The lowest BCUT2D eigenvalue weighted by Crippen LogP contribution is -2.22. The molecule has 2 rings (SSSR count). The van der Waals surface area contributed by atoms with Crippen LogP contribution in [0.15, 0.2) is 0 Å². The number of nitrogens with zero attached hydrogens (tertiary/aromatic N) is 2. The van der Waals surface area contributed by atoms with E-state index in [1.807, 2.05) is 0 Å². The van der Waals surface area contributed by atoms with E-state index in [4.69, 9.17) is 14.6 Å². The first-order valence-corrected chi connectivity index (χ1v) is 3.85. The van der Waals surface area contributed by atoms with Crippen molar-refractivity contribution in [3.8, 4) is 11.8 Å². The van der Waals surface area contributed by atoms with Crippen LogP contribution in [0.5, 0.6) is 11.8 Å². The lowest BCUT2D eigenvalue weighted by molar-refractivity contribution is 0.0785. The van der Waals surface area contributed by atoms with Crippen molar-refractivity contribution in [2.24, 2.45) is 0 Å². The van der Waals surface area contributed by atoms with Crippen molar-refractivity contribution in [2.75, 3.05) is 13.2 Å². The van der Waals surface area contributed by atoms with Gasteiger partial charge in [-0.15, -0.1) is 8.75 Å². The summed E-state index contributed by atoms with van der Waals surface area (Å²) in [5.41, 5.74) is 0. The Hall–Kier alpha value is -0.880. The van der Waals surface area contributed by atoms with Crippen LogP contribution in [0.25, 0.3) is 0 Å². The second-order valence-electron chi connectivity index (χ2n) is 2.15. The lowest BCUT2D eigenvalue weighted by Gasteiger charge is -2.03. The monoisotopic (exact) mass is 174 g/mol. The number of aromatic nitrogens is 2. The van der Waals surface area contributed by atoms with Gasteiger partial charge in [-0.25, -0.2) is 0 Å². The van der Waals surface area contributed by atoms with Crippen LogP contribution in [0.4, 0.5) is 0 Å². The van der Waals surface area contributed by atoms with Crippen molar-refractivity contribution >= 4 is 11.7 Å². The first-order chi connectivity index (χ1) is 5.36. The summed E-state index contributed by atoms with van der Waals surface area (Å²) in [6, 6.07) is 0. The normalized spacial score (nSPS) is 17.9. The van der Waals surface area contributed by atoms with E-state index in [0.29, 0.717) is 11.8 Å². The molecular formula is C5H6N2O3S. The van der Waals surface area contributed by atoms with Crippen molar-refractivity contribution in [1.29, 1.82) is 0 Å². The number of rotatable bonds is 0. The minimum atomic E-state index is -0.587. The molecule has 0 spiro atoms. The van der Waals surface area contributed by atoms with Gasteiger partial charge in [-0.3, -0.25) is 0 Å². The van der Waals surface area contributed by atoms with Gasteiger partial charge in [0.25, 0.3) is 11.8 Å². The molecule has 0 aliphatic carbocycles. The van der Waals surface area contributed by atoms with E-state index in [0.717, 1.165) is 11.7 Å². The molecule has 1 aliphatic rings. The minimum absolute atomic E-state index is 0.221. The molecule has 1 aromatic heterocycles. The Morgan fingerprint density at radius 2 is 1.82 bits per heavy atom. The number of fused-ring (bicyclic) bond motifs is 1. The second kappa shape index (κ2) is 2.63. The number of hydrogen-bond donors (Lipinski definition) is 1. The van der Waals surface area contributed by atoms with E-state index in [2.05, 4.69) is 8.75 Å². The zero-order valence-electron chi connectivity index (χ0n) is 5.56. The molecule has 0 aromatic carbocycles. The van der Waals surface area contributed by atoms with Gasteiger partial charge in [-0.1, -0.05) is 0 Å². The summed E-state index contributed by atoms with van der Waals surface area (Å²) >= 11 is 1.03. The highest BCUT2D eigenvalue weighted by atomic mass is 32.1. The minimum Gasteiger partial charge on any atom is -0.470 e. The molecule has 0 saturated carbocycles. The third kappa shape index (κ3) is 1.26. The highest BCUT2D eigenvalue weighted by molar-refractivity contribution is 6.99. The van der Waals surface area contributed by atoms with Crippen molar-refractivity contribution < 1.29 is 14.6 Å². The molecule has 2 heterocycles. The van der Waals surface area contributed by atoms with Gasteiger partial charge >= 0.3 is 0 Å². The molecule has 0 unspecified atom stereocenters. The Labute approximate surface area is 66.9 Å². The van der Waals surface area contributed by atoms with Crippen LogP contribution >= 0.6 is 11.7 Å². The maximum absolute atomic E-state index is 9.08. The molecule has 6 heteroatoms. The number of hydrogen-bond acceptors (Lipinski definition) is 6. The predicted molar refractivity (Wildman–Crippen MR) is 36.9 cm³/mol. The smallest absolute Gasteiger partial charge is 0.291 e. The summed E-state index contributed by atoms with van der Waals surface area (Å²) in [4.78, 5) is 0. The predicted octanol–water partition coefficient (Wildman–Crippen LogP) is -0.330. The first kappa shape index (κ1) is 6.81. The van der Waals surface area contributed by atoms with E-state index in [-0.39, 0.29) is 13.2 Å². The molecule has 1 aliphatic heterocycles. The average molecular weight is 174 g/mol. The topological polar surface area (TPSA) is 64.5 Å². The Balaban J connectivity index is 2.20. The number of aliphatic hydroxyl groups excluding tert-OH is 1. The third-order valence-corrected chi connectivity index (χ3v) is 1.75. The highest BCUT2D eigenvalue weighted by Gasteiger charge is 2.19. The van der Waals surface area contributed by atoms with E-state index >= 15 is 0 Å². The Morgan fingerprint density at radius 1 is 1.27 bits per heavy atom. The molecule has 0 fully saturated rings. The molecular weight excluding hydrogens is 168 g/mol. The van der Waals surface area contributed by atoms with E-state index < -0.39 is 6.10 Å². The molecule has 1 N–H and O–H groups in total. The summed E-state index contributed by atoms with van der Waals surface area (Å²) in [6.07, 6.45) is -0.587. The van der Waals surface area contributed by atoms with E-state index in [9.17, 15) is 0 Å². The molecule has 0 atom stereocenters. The quantitative estimate of drug-likeness (QED) is 0.583. The standard InChI is InChI=1S/C5H6N2O3S/c8-3-1-9-4-5(10-2-3)7-11-6-4/h3,8H,1-2H2. The molecule has 5 nitrogen and oxygen atoms in total. The van der Waals surface area contributed by atoms with Gasteiger partial charge in [0.05, 0.1) is 11.7 Å². The molecule has 0 radical (unpaired) electrons. The molecule has 0 bridgehead atoms. The summed E-state index contributed by atoms with van der Waals surface area (Å²) in [5, 5.41) is 9.08. The van der Waals surface area contributed by atoms with Gasteiger partial charge in [0, 0.05) is 0 Å². The first-order valence-electron chi connectivity index (χ1n) is 3.12. The Bertz CT molecular complexity index is 229. The van der Waals surface area contributed by atoms with E-state index in [1.54, 1.807) is 0 Å².